The summed E-state index contributed by atoms with van der Waals surface area (Å²) in [6.07, 6.45) is 0.901. The first-order valence-electron chi connectivity index (χ1n) is 6.47. The molecule has 0 spiro atoms. The second-order valence-electron chi connectivity index (χ2n) is 4.97. The first-order valence-corrected chi connectivity index (χ1v) is 6.47. The van der Waals surface area contributed by atoms with Gasteiger partial charge in [-0.05, 0) is 18.9 Å². The number of pyridine rings is 1. The normalized spacial score (nSPS) is 15.8. The van der Waals surface area contributed by atoms with Crippen molar-refractivity contribution in [3.05, 3.63) is 35.5 Å². The number of aldehydes is 1. The molecule has 3 rings (SSSR count). The molecule has 0 N–H and O–H groups in total. The number of carbonyl (C=O) groups excluding carboxylic acids is 1. The largest absolute Gasteiger partial charge is 0.440 e. The maximum Gasteiger partial charge on any atom is 0.417 e. The van der Waals surface area contributed by atoms with E-state index in [0.717, 1.165) is 31.5 Å². The maximum atomic E-state index is 12.7. The highest BCUT2D eigenvalue weighted by molar-refractivity contribution is 5.75. The van der Waals surface area contributed by atoms with Gasteiger partial charge in [0.1, 0.15) is 11.5 Å². The van der Waals surface area contributed by atoms with Crippen LogP contribution in [0.5, 0.6) is 0 Å². The molecule has 0 aliphatic heterocycles. The fourth-order valence-corrected chi connectivity index (χ4v) is 2.23. The van der Waals surface area contributed by atoms with Gasteiger partial charge in [-0.3, -0.25) is 9.78 Å². The van der Waals surface area contributed by atoms with Crippen LogP contribution in [0.15, 0.2) is 22.9 Å². The molecule has 2 aromatic rings. The summed E-state index contributed by atoms with van der Waals surface area (Å²) in [4.78, 5) is 18.6. The third-order valence-electron chi connectivity index (χ3n) is 3.58. The smallest absolute Gasteiger partial charge is 0.417 e. The molecule has 2 aromatic heterocycles. The van der Waals surface area contributed by atoms with E-state index in [0.29, 0.717) is 12.0 Å². The monoisotopic (exact) mass is 296 g/mol. The minimum absolute atomic E-state index is 0.00222. The van der Waals surface area contributed by atoms with E-state index in [1.54, 1.807) is 0 Å². The van der Waals surface area contributed by atoms with Crippen LogP contribution < -0.4 is 0 Å². The Bertz CT molecular complexity index is 675. The Morgan fingerprint density at radius 1 is 1.29 bits per heavy atom. The first-order chi connectivity index (χ1) is 9.99. The average Bonchev–Trinajstić information content (AvgIpc) is 2.80. The van der Waals surface area contributed by atoms with Gasteiger partial charge in [0.2, 0.25) is 5.89 Å². The Hall–Kier alpha value is -2.18. The summed E-state index contributed by atoms with van der Waals surface area (Å²) in [5.74, 6) is 0.589. The molecule has 0 saturated heterocycles. The molecule has 1 aliphatic carbocycles. The molecular weight excluding hydrogens is 285 g/mol. The molecule has 2 heterocycles. The van der Waals surface area contributed by atoms with Gasteiger partial charge >= 0.3 is 6.18 Å². The van der Waals surface area contributed by atoms with E-state index in [-0.39, 0.29) is 23.1 Å². The summed E-state index contributed by atoms with van der Waals surface area (Å²) in [7, 11) is 0. The lowest BCUT2D eigenvalue weighted by Crippen LogP contribution is -2.09. The summed E-state index contributed by atoms with van der Waals surface area (Å²) in [6.45, 7) is 0. The highest BCUT2D eigenvalue weighted by Crippen LogP contribution is 2.39. The molecule has 0 amide bonds. The van der Waals surface area contributed by atoms with Crippen LogP contribution in [0.3, 0.4) is 0 Å². The van der Waals surface area contributed by atoms with E-state index >= 15 is 0 Å². The van der Waals surface area contributed by atoms with Crippen LogP contribution >= 0.6 is 0 Å². The van der Waals surface area contributed by atoms with Gasteiger partial charge < -0.3 is 4.42 Å². The second-order valence-corrected chi connectivity index (χ2v) is 4.97. The van der Waals surface area contributed by atoms with Gasteiger partial charge in [0.15, 0.2) is 6.29 Å². The van der Waals surface area contributed by atoms with Crippen LogP contribution in [0.25, 0.3) is 11.5 Å². The standard InChI is InChI=1S/C14H11F3N2O2/c15-14(16,17)10-4-9(5-18-6-10)13-19-11(7-20)12(21-13)8-2-1-3-8/h4-8H,1-3H2. The quantitative estimate of drug-likeness (QED) is 0.808. The van der Waals surface area contributed by atoms with Gasteiger partial charge in [0.05, 0.1) is 11.1 Å². The lowest BCUT2D eigenvalue weighted by Gasteiger charge is -2.22. The fourth-order valence-electron chi connectivity index (χ4n) is 2.23. The first kappa shape index (κ1) is 13.8. The zero-order valence-electron chi connectivity index (χ0n) is 10.9. The van der Waals surface area contributed by atoms with Crippen molar-refractivity contribution in [2.45, 2.75) is 31.4 Å². The van der Waals surface area contributed by atoms with E-state index in [4.69, 9.17) is 4.42 Å². The molecule has 110 valence electrons. The Kier molecular flexibility index (Phi) is 3.27. The number of hydrogen-bond acceptors (Lipinski definition) is 4. The Labute approximate surface area is 118 Å². The molecule has 1 aliphatic rings. The van der Waals surface area contributed by atoms with Gasteiger partial charge in [-0.15, -0.1) is 0 Å². The molecule has 1 saturated carbocycles. The van der Waals surface area contributed by atoms with Crippen LogP contribution in [0.2, 0.25) is 0 Å². The minimum Gasteiger partial charge on any atom is -0.440 e. The van der Waals surface area contributed by atoms with E-state index in [1.807, 2.05) is 0 Å². The number of oxazole rings is 1. The van der Waals surface area contributed by atoms with Crippen molar-refractivity contribution in [3.63, 3.8) is 0 Å². The lowest BCUT2D eigenvalue weighted by atomic mass is 9.83. The summed E-state index contributed by atoms with van der Waals surface area (Å²) >= 11 is 0. The summed E-state index contributed by atoms with van der Waals surface area (Å²) in [6, 6.07) is 0.915. The van der Waals surface area contributed by atoms with Crippen LogP contribution in [0, 0.1) is 0 Å². The SMILES string of the molecule is O=Cc1nc(-c2cncc(C(F)(F)F)c2)oc1C1CCC1. The van der Waals surface area contributed by atoms with E-state index < -0.39 is 11.7 Å². The van der Waals surface area contributed by atoms with Gasteiger partial charge in [-0.25, -0.2) is 4.98 Å². The Morgan fingerprint density at radius 2 is 2.05 bits per heavy atom. The Morgan fingerprint density at radius 3 is 2.62 bits per heavy atom. The molecular formula is C14H11F3N2O2. The predicted molar refractivity (Wildman–Crippen MR) is 66.7 cm³/mol. The van der Waals surface area contributed by atoms with Crippen molar-refractivity contribution in [2.75, 3.05) is 0 Å². The highest BCUT2D eigenvalue weighted by Gasteiger charge is 2.32. The van der Waals surface area contributed by atoms with Crippen molar-refractivity contribution in [3.8, 4) is 11.5 Å². The predicted octanol–water partition coefficient (Wildman–Crippen LogP) is 3.84. The number of alkyl halides is 3. The molecule has 7 heteroatoms. The van der Waals surface area contributed by atoms with Crippen molar-refractivity contribution in [1.29, 1.82) is 0 Å². The molecule has 4 nitrogen and oxygen atoms in total. The molecule has 0 unspecified atom stereocenters. The highest BCUT2D eigenvalue weighted by atomic mass is 19.4. The summed E-state index contributed by atoms with van der Waals surface area (Å²) in [5, 5.41) is 0. The van der Waals surface area contributed by atoms with E-state index in [2.05, 4.69) is 9.97 Å². The van der Waals surface area contributed by atoms with Crippen LogP contribution in [0.1, 0.15) is 47.0 Å². The second kappa shape index (κ2) is 4.98. The van der Waals surface area contributed by atoms with Crippen molar-refractivity contribution < 1.29 is 22.4 Å². The molecule has 21 heavy (non-hydrogen) atoms. The van der Waals surface area contributed by atoms with Gasteiger partial charge in [-0.2, -0.15) is 13.2 Å². The molecule has 0 bridgehead atoms. The van der Waals surface area contributed by atoms with Crippen molar-refractivity contribution in [2.24, 2.45) is 0 Å². The summed E-state index contributed by atoms with van der Waals surface area (Å²) in [5.41, 5.74) is -0.610. The number of rotatable bonds is 3. The van der Waals surface area contributed by atoms with E-state index in [1.165, 1.54) is 6.20 Å². The molecule has 0 aromatic carbocycles. The number of aromatic nitrogens is 2. The fraction of sp³-hybridized carbons (Fsp3) is 0.357. The minimum atomic E-state index is -4.49. The van der Waals surface area contributed by atoms with Gasteiger partial charge in [0, 0.05) is 18.3 Å². The third-order valence-corrected chi connectivity index (χ3v) is 3.58. The number of nitrogens with zero attached hydrogens (tertiary/aromatic N) is 2. The van der Waals surface area contributed by atoms with E-state index in [9.17, 15) is 18.0 Å². The van der Waals surface area contributed by atoms with Crippen LogP contribution in [-0.4, -0.2) is 16.3 Å². The lowest BCUT2D eigenvalue weighted by molar-refractivity contribution is -0.137. The number of hydrogen-bond donors (Lipinski definition) is 0. The maximum absolute atomic E-state index is 12.7. The zero-order valence-corrected chi connectivity index (χ0v) is 10.9. The van der Waals surface area contributed by atoms with Crippen LogP contribution in [-0.2, 0) is 6.18 Å². The molecule has 1 fully saturated rings. The number of halogens is 3. The van der Waals surface area contributed by atoms with Gasteiger partial charge in [0.25, 0.3) is 0 Å². The van der Waals surface area contributed by atoms with Crippen molar-refractivity contribution in [1.82, 2.24) is 9.97 Å². The number of carbonyl (C=O) groups is 1. The average molecular weight is 296 g/mol. The van der Waals surface area contributed by atoms with Gasteiger partial charge in [-0.1, -0.05) is 6.42 Å². The van der Waals surface area contributed by atoms with Crippen molar-refractivity contribution >= 4 is 6.29 Å². The third kappa shape index (κ3) is 2.55. The molecule has 0 radical (unpaired) electrons. The topological polar surface area (TPSA) is 56.0 Å². The zero-order chi connectivity index (χ0) is 15.0. The Balaban J connectivity index is 2.00. The van der Waals surface area contributed by atoms with Crippen LogP contribution in [0.4, 0.5) is 13.2 Å². The molecule has 0 atom stereocenters. The summed E-state index contributed by atoms with van der Waals surface area (Å²) < 4.78 is 43.6.